The molecule has 2 N–H and O–H groups in total. The van der Waals surface area contributed by atoms with Crippen molar-refractivity contribution in [2.75, 3.05) is 47.5 Å². The molecule has 0 radical (unpaired) electrons. The molecule has 3 aliphatic rings. The van der Waals surface area contributed by atoms with Crippen LogP contribution in [0.1, 0.15) is 37.8 Å². The van der Waals surface area contributed by atoms with Gasteiger partial charge in [-0.1, -0.05) is 48.0 Å². The van der Waals surface area contributed by atoms with Gasteiger partial charge >= 0.3 is 0 Å². The molecule has 8 rings (SSSR count). The number of methoxy groups -OCH3 is 3. The minimum atomic E-state index is -0.670. The van der Waals surface area contributed by atoms with Crippen molar-refractivity contribution < 1.29 is 24.1 Å². The highest BCUT2D eigenvalue weighted by atomic mass is 35.5. The van der Waals surface area contributed by atoms with E-state index in [0.717, 1.165) is 57.2 Å². The van der Waals surface area contributed by atoms with Gasteiger partial charge in [0.15, 0.2) is 0 Å². The normalized spacial score (nSPS) is 17.9. The average molecular weight is 737 g/mol. The number of halogens is 1. The molecular formula is C41H45ClN6O5. The van der Waals surface area contributed by atoms with E-state index >= 15 is 0 Å². The summed E-state index contributed by atoms with van der Waals surface area (Å²) in [4.78, 5) is 22.0. The van der Waals surface area contributed by atoms with Crippen molar-refractivity contribution in [1.29, 1.82) is 0 Å². The Morgan fingerprint density at radius 3 is 2.21 bits per heavy atom. The van der Waals surface area contributed by atoms with Gasteiger partial charge in [-0.05, 0) is 44.4 Å². The molecule has 1 amide bonds. The van der Waals surface area contributed by atoms with Crippen molar-refractivity contribution >= 4 is 28.4 Å². The lowest BCUT2D eigenvalue weighted by Gasteiger charge is -2.46. The maximum Gasteiger partial charge on any atom is 0.228 e. The molecule has 4 heterocycles. The second-order valence-electron chi connectivity index (χ2n) is 15.3. The second-order valence-corrected chi connectivity index (χ2v) is 15.6. The van der Waals surface area contributed by atoms with Crippen LogP contribution < -0.4 is 19.5 Å². The molecule has 3 fully saturated rings. The molecule has 1 aliphatic carbocycles. The Balaban J connectivity index is 1.06. The maximum atomic E-state index is 12.7. The predicted molar refractivity (Wildman–Crippen MR) is 205 cm³/mol. The van der Waals surface area contributed by atoms with E-state index in [0.29, 0.717) is 73.4 Å². The molecule has 2 saturated heterocycles. The molecule has 276 valence electrons. The molecule has 53 heavy (non-hydrogen) atoms. The summed E-state index contributed by atoms with van der Waals surface area (Å²) in [6.07, 6.45) is 4.03. The van der Waals surface area contributed by atoms with Crippen LogP contribution in [0, 0.1) is 5.41 Å². The van der Waals surface area contributed by atoms with Gasteiger partial charge in [-0.25, -0.2) is 9.67 Å². The van der Waals surface area contributed by atoms with E-state index in [1.54, 1.807) is 21.3 Å². The van der Waals surface area contributed by atoms with Crippen molar-refractivity contribution in [3.8, 4) is 45.5 Å². The highest BCUT2D eigenvalue weighted by molar-refractivity contribution is 6.36. The summed E-state index contributed by atoms with van der Waals surface area (Å²) in [5.74, 6) is 2.07. The van der Waals surface area contributed by atoms with Gasteiger partial charge < -0.3 is 24.6 Å². The van der Waals surface area contributed by atoms with E-state index in [1.165, 1.54) is 0 Å². The van der Waals surface area contributed by atoms with E-state index in [2.05, 4.69) is 21.2 Å². The van der Waals surface area contributed by atoms with Crippen LogP contribution in [-0.2, 0) is 17.9 Å². The van der Waals surface area contributed by atoms with Crippen molar-refractivity contribution in [2.24, 2.45) is 5.41 Å². The van der Waals surface area contributed by atoms with Crippen LogP contribution in [0.5, 0.6) is 17.4 Å². The number of ether oxygens (including phenoxy) is 3. The molecule has 0 bridgehead atoms. The van der Waals surface area contributed by atoms with E-state index in [-0.39, 0.29) is 11.3 Å². The first-order valence-electron chi connectivity index (χ1n) is 18.0. The molecule has 5 aromatic rings. The summed E-state index contributed by atoms with van der Waals surface area (Å²) in [6, 6.07) is 20.4. The molecule has 0 unspecified atom stereocenters. The van der Waals surface area contributed by atoms with Gasteiger partial charge in [0.05, 0.1) is 66.0 Å². The number of benzene rings is 3. The van der Waals surface area contributed by atoms with Gasteiger partial charge in [-0.2, -0.15) is 5.10 Å². The smallest absolute Gasteiger partial charge is 0.228 e. The molecular weight excluding hydrogens is 692 g/mol. The molecule has 12 heteroatoms. The van der Waals surface area contributed by atoms with Crippen molar-refractivity contribution in [3.63, 3.8) is 0 Å². The number of amides is 1. The first-order valence-corrected chi connectivity index (χ1v) is 18.4. The molecule has 0 spiro atoms. The Morgan fingerprint density at radius 1 is 0.887 bits per heavy atom. The zero-order valence-corrected chi connectivity index (χ0v) is 31.5. The minimum Gasteiger partial charge on any atom is -0.496 e. The number of fused-ring (bicyclic) bond motifs is 1. The summed E-state index contributed by atoms with van der Waals surface area (Å²) >= 11 is 7.22. The first kappa shape index (κ1) is 35.4. The van der Waals surface area contributed by atoms with Crippen LogP contribution in [0.2, 0.25) is 5.02 Å². The highest BCUT2D eigenvalue weighted by Crippen LogP contribution is 2.41. The van der Waals surface area contributed by atoms with Gasteiger partial charge in [-0.3, -0.25) is 14.6 Å². The standard InChI is InChI=1S/C41H45ClN6O5/c1-40(39(49)44-26-13-14-26)21-46(22-40)19-25-12-15-33(45-38(25)53-5)30-10-6-9-29(37(30)42)28-8-7-11-34-31(28)18-43-48(34)27-16-35(51-3)32(36(17-27)52-4)20-47-23-41(2,50)24-47/h6-12,15-18,26,50H,13-14,19-24H2,1-5H3,(H,44,49). The first-order chi connectivity index (χ1) is 25.5. The number of aromatic nitrogens is 3. The SMILES string of the molecule is COc1cc(-n2ncc3c(-c4cccc(-c5ccc(CN6CC(C)(C(=O)NC7CC7)C6)c(OC)n5)c4Cl)cccc32)cc(OC)c1CN1CC(C)(O)C1. The fourth-order valence-electron chi connectivity index (χ4n) is 7.87. The fourth-order valence-corrected chi connectivity index (χ4v) is 8.20. The number of carbonyl (C=O) groups excluding carboxylic acids is 1. The van der Waals surface area contributed by atoms with Crippen molar-refractivity contribution in [1.82, 2.24) is 29.9 Å². The molecule has 2 aliphatic heterocycles. The van der Waals surface area contributed by atoms with Gasteiger partial charge in [-0.15, -0.1) is 0 Å². The third-order valence-corrected chi connectivity index (χ3v) is 11.1. The molecule has 2 aromatic heterocycles. The van der Waals surface area contributed by atoms with Gasteiger partial charge in [0.2, 0.25) is 11.8 Å². The van der Waals surface area contributed by atoms with E-state index in [9.17, 15) is 9.90 Å². The number of aliphatic hydroxyl groups is 1. The number of likely N-dealkylation sites (tertiary alicyclic amines) is 2. The van der Waals surface area contributed by atoms with Crippen LogP contribution in [0.25, 0.3) is 39.0 Å². The zero-order valence-electron chi connectivity index (χ0n) is 30.8. The molecule has 1 saturated carbocycles. The van der Waals surface area contributed by atoms with Crippen LogP contribution >= 0.6 is 11.6 Å². The number of rotatable bonds is 12. The Bertz CT molecular complexity index is 2180. The lowest BCUT2D eigenvalue weighted by molar-refractivity contribution is -0.140. The number of β-amino-alcohol motifs (C(OH)–C–C–N with tert-alkyl or cyclic N) is 1. The van der Waals surface area contributed by atoms with Crippen LogP contribution in [0.4, 0.5) is 0 Å². The van der Waals surface area contributed by atoms with Gasteiger partial charge in [0.1, 0.15) is 11.5 Å². The molecule has 11 nitrogen and oxygen atoms in total. The number of hydrogen-bond acceptors (Lipinski definition) is 9. The monoisotopic (exact) mass is 736 g/mol. The van der Waals surface area contributed by atoms with Crippen molar-refractivity contribution in [3.05, 3.63) is 83.0 Å². The summed E-state index contributed by atoms with van der Waals surface area (Å²) in [5.41, 5.74) is 5.84. The Morgan fingerprint density at radius 2 is 1.55 bits per heavy atom. The molecule has 0 atom stereocenters. The summed E-state index contributed by atoms with van der Waals surface area (Å²) in [6.45, 7) is 7.70. The quantitative estimate of drug-likeness (QED) is 0.157. The van der Waals surface area contributed by atoms with Crippen LogP contribution in [-0.4, -0.2) is 94.7 Å². The topological polar surface area (TPSA) is 114 Å². The minimum absolute atomic E-state index is 0.152. The van der Waals surface area contributed by atoms with Gasteiger partial charge in [0, 0.05) is 79.5 Å². The van der Waals surface area contributed by atoms with E-state index in [4.69, 9.17) is 35.9 Å². The lowest BCUT2D eigenvalue weighted by Crippen LogP contribution is -2.61. The highest BCUT2D eigenvalue weighted by Gasteiger charge is 2.46. The van der Waals surface area contributed by atoms with Crippen LogP contribution in [0.3, 0.4) is 0 Å². The Hall–Kier alpha value is -4.68. The largest absolute Gasteiger partial charge is 0.496 e. The predicted octanol–water partition coefficient (Wildman–Crippen LogP) is 6.10. The lowest BCUT2D eigenvalue weighted by atomic mass is 9.80. The number of nitrogens with one attached hydrogen (secondary N) is 1. The molecule has 3 aromatic carbocycles. The Kier molecular flexibility index (Phi) is 9.09. The average Bonchev–Trinajstić information content (AvgIpc) is 3.84. The van der Waals surface area contributed by atoms with E-state index < -0.39 is 5.60 Å². The number of carbonyl (C=O) groups is 1. The summed E-state index contributed by atoms with van der Waals surface area (Å²) in [5, 5.41) is 19.7. The number of pyridine rings is 1. The van der Waals surface area contributed by atoms with E-state index in [1.807, 2.05) is 79.3 Å². The van der Waals surface area contributed by atoms with Crippen molar-refractivity contribution in [2.45, 2.75) is 51.4 Å². The third kappa shape index (κ3) is 6.71. The summed E-state index contributed by atoms with van der Waals surface area (Å²) in [7, 11) is 4.94. The zero-order chi connectivity index (χ0) is 37.1. The van der Waals surface area contributed by atoms with Gasteiger partial charge in [0.25, 0.3) is 0 Å². The number of hydrogen-bond donors (Lipinski definition) is 2. The Labute approximate surface area is 314 Å². The maximum absolute atomic E-state index is 12.7. The third-order valence-electron chi connectivity index (χ3n) is 10.7. The fraction of sp³-hybridized carbons (Fsp3) is 0.390. The number of nitrogens with zero attached hydrogens (tertiary/aromatic N) is 5. The summed E-state index contributed by atoms with van der Waals surface area (Å²) < 4.78 is 19.3. The second kappa shape index (κ2) is 13.6. The van der Waals surface area contributed by atoms with Crippen LogP contribution in [0.15, 0.2) is 66.9 Å².